The molecule has 0 saturated heterocycles. The maximum absolute atomic E-state index is 6.04. The van der Waals surface area contributed by atoms with Gasteiger partial charge in [0.05, 0.1) is 12.3 Å². The van der Waals surface area contributed by atoms with Gasteiger partial charge in [0.15, 0.2) is 0 Å². The van der Waals surface area contributed by atoms with E-state index in [4.69, 9.17) is 9.72 Å². The van der Waals surface area contributed by atoms with Crippen LogP contribution in [-0.4, -0.2) is 16.2 Å². The fourth-order valence-electron chi connectivity index (χ4n) is 2.92. The molecule has 22 heavy (non-hydrogen) atoms. The van der Waals surface area contributed by atoms with E-state index in [1.54, 1.807) is 0 Å². The largest absolute Gasteiger partial charge is 0.477 e. The Labute approximate surface area is 130 Å². The second kappa shape index (κ2) is 5.68. The molecule has 0 spiro atoms. The van der Waals surface area contributed by atoms with E-state index in [9.17, 15) is 0 Å². The number of rotatable bonds is 2. The van der Waals surface area contributed by atoms with Crippen molar-refractivity contribution in [3.05, 3.63) is 66.4 Å². The molecule has 1 aliphatic rings. The first-order valence-electron chi connectivity index (χ1n) is 7.79. The van der Waals surface area contributed by atoms with E-state index >= 15 is 0 Å². The van der Waals surface area contributed by atoms with E-state index in [0.29, 0.717) is 0 Å². The minimum atomic E-state index is 0.764. The van der Waals surface area contributed by atoms with Gasteiger partial charge in [-0.1, -0.05) is 48.5 Å². The Morgan fingerprint density at radius 1 is 0.864 bits per heavy atom. The molecule has 0 radical (unpaired) electrons. The van der Waals surface area contributed by atoms with Gasteiger partial charge in [-0.05, 0) is 31.4 Å². The van der Waals surface area contributed by atoms with E-state index in [-0.39, 0.29) is 0 Å². The smallest absolute Gasteiger partial charge is 0.222 e. The molecule has 2 heterocycles. The highest BCUT2D eigenvalue weighted by Gasteiger charge is 2.22. The van der Waals surface area contributed by atoms with E-state index in [1.165, 1.54) is 0 Å². The lowest BCUT2D eigenvalue weighted by Crippen LogP contribution is -2.03. The molecular weight excluding hydrogens is 272 g/mol. The molecule has 0 aliphatic carbocycles. The average Bonchev–Trinajstić information content (AvgIpc) is 2.79. The first-order chi connectivity index (χ1) is 10.9. The Kier molecular flexibility index (Phi) is 3.39. The zero-order valence-corrected chi connectivity index (χ0v) is 12.4. The third kappa shape index (κ3) is 2.29. The molecule has 1 aromatic heterocycles. The molecule has 2 aromatic carbocycles. The van der Waals surface area contributed by atoms with Crippen LogP contribution in [0.5, 0.6) is 5.88 Å². The first-order valence-corrected chi connectivity index (χ1v) is 7.79. The summed E-state index contributed by atoms with van der Waals surface area (Å²) in [5.74, 6) is 1.86. The van der Waals surface area contributed by atoms with Crippen LogP contribution >= 0.6 is 0 Å². The van der Waals surface area contributed by atoms with Gasteiger partial charge in [-0.25, -0.2) is 4.98 Å². The summed E-state index contributed by atoms with van der Waals surface area (Å²) in [5, 5.41) is 0. The Bertz CT molecular complexity index is 763. The molecule has 3 aromatic rings. The third-order valence-electron chi connectivity index (χ3n) is 4.00. The van der Waals surface area contributed by atoms with Gasteiger partial charge in [-0.2, -0.15) is 0 Å². The zero-order chi connectivity index (χ0) is 14.8. The Morgan fingerprint density at radius 2 is 1.59 bits per heavy atom. The number of nitrogens with zero attached hydrogens (tertiary/aromatic N) is 2. The zero-order valence-electron chi connectivity index (χ0n) is 12.4. The van der Waals surface area contributed by atoms with Crippen molar-refractivity contribution in [3.63, 3.8) is 0 Å². The maximum atomic E-state index is 6.04. The average molecular weight is 290 g/mol. The molecule has 3 heteroatoms. The van der Waals surface area contributed by atoms with Crippen molar-refractivity contribution < 1.29 is 4.74 Å². The van der Waals surface area contributed by atoms with Crippen LogP contribution in [0.3, 0.4) is 0 Å². The summed E-state index contributed by atoms with van der Waals surface area (Å²) in [6.45, 7) is 0.764. The van der Waals surface area contributed by atoms with Crippen LogP contribution in [0.25, 0.3) is 17.1 Å². The first kappa shape index (κ1) is 13.1. The van der Waals surface area contributed by atoms with E-state index in [2.05, 4.69) is 28.8 Å². The highest BCUT2D eigenvalue weighted by Crippen LogP contribution is 2.33. The second-order valence-corrected chi connectivity index (χ2v) is 5.53. The van der Waals surface area contributed by atoms with Gasteiger partial charge >= 0.3 is 0 Å². The molecule has 0 fully saturated rings. The van der Waals surface area contributed by atoms with Crippen molar-refractivity contribution >= 4 is 0 Å². The minimum absolute atomic E-state index is 0.764. The van der Waals surface area contributed by atoms with Crippen LogP contribution in [0, 0.1) is 0 Å². The van der Waals surface area contributed by atoms with Gasteiger partial charge in [-0.15, -0.1) is 0 Å². The standard InChI is InChI=1S/C19H18N2O/c1-3-9-15(10-4-1)18-20-17-13-7-8-14-22-19(17)21(18)16-11-5-2-6-12-16/h1-6,9-12H,7-8,13-14H2. The number of imidazole rings is 1. The van der Waals surface area contributed by atoms with Gasteiger partial charge < -0.3 is 4.74 Å². The molecule has 0 bridgehead atoms. The summed E-state index contributed by atoms with van der Waals surface area (Å²) in [4.78, 5) is 4.90. The van der Waals surface area contributed by atoms with Crippen LogP contribution in [0.4, 0.5) is 0 Å². The van der Waals surface area contributed by atoms with E-state index in [1.807, 2.05) is 36.4 Å². The number of aromatic nitrogens is 2. The van der Waals surface area contributed by atoms with Crippen LogP contribution < -0.4 is 4.74 Å². The number of ether oxygens (including phenoxy) is 1. The number of aryl methyl sites for hydroxylation is 1. The predicted molar refractivity (Wildman–Crippen MR) is 87.4 cm³/mol. The predicted octanol–water partition coefficient (Wildman–Crippen LogP) is 4.25. The van der Waals surface area contributed by atoms with E-state index < -0.39 is 0 Å². The van der Waals surface area contributed by atoms with Crippen LogP contribution in [0.1, 0.15) is 18.5 Å². The maximum Gasteiger partial charge on any atom is 0.222 e. The topological polar surface area (TPSA) is 27.1 Å². The van der Waals surface area contributed by atoms with Crippen LogP contribution in [0.2, 0.25) is 0 Å². The summed E-state index contributed by atoms with van der Waals surface area (Å²) in [6.07, 6.45) is 3.20. The van der Waals surface area contributed by atoms with Crippen molar-refractivity contribution in [2.24, 2.45) is 0 Å². The quantitative estimate of drug-likeness (QED) is 0.705. The van der Waals surface area contributed by atoms with Crippen molar-refractivity contribution in [2.45, 2.75) is 19.3 Å². The van der Waals surface area contributed by atoms with Gasteiger partial charge in [0, 0.05) is 5.56 Å². The normalized spacial score (nSPS) is 14.0. The van der Waals surface area contributed by atoms with Crippen molar-refractivity contribution in [1.29, 1.82) is 0 Å². The highest BCUT2D eigenvalue weighted by atomic mass is 16.5. The molecule has 0 unspecified atom stereocenters. The fourth-order valence-corrected chi connectivity index (χ4v) is 2.92. The minimum Gasteiger partial charge on any atom is -0.477 e. The molecule has 1 aliphatic heterocycles. The number of hydrogen-bond donors (Lipinski definition) is 0. The lowest BCUT2D eigenvalue weighted by Gasteiger charge is -2.12. The lowest BCUT2D eigenvalue weighted by atomic mass is 10.2. The van der Waals surface area contributed by atoms with Crippen molar-refractivity contribution in [1.82, 2.24) is 9.55 Å². The highest BCUT2D eigenvalue weighted by molar-refractivity contribution is 5.62. The van der Waals surface area contributed by atoms with Gasteiger partial charge in [0.1, 0.15) is 11.5 Å². The Morgan fingerprint density at radius 3 is 2.36 bits per heavy atom. The van der Waals surface area contributed by atoms with Gasteiger partial charge in [0.2, 0.25) is 5.88 Å². The second-order valence-electron chi connectivity index (χ2n) is 5.53. The summed E-state index contributed by atoms with van der Waals surface area (Å²) in [6, 6.07) is 20.6. The summed E-state index contributed by atoms with van der Waals surface area (Å²) < 4.78 is 8.19. The van der Waals surface area contributed by atoms with Gasteiger partial charge in [0.25, 0.3) is 0 Å². The molecule has 4 rings (SSSR count). The number of hydrogen-bond acceptors (Lipinski definition) is 2. The van der Waals surface area contributed by atoms with Gasteiger partial charge in [-0.3, -0.25) is 4.57 Å². The number of fused-ring (bicyclic) bond motifs is 1. The van der Waals surface area contributed by atoms with Crippen LogP contribution in [0.15, 0.2) is 60.7 Å². The van der Waals surface area contributed by atoms with Crippen molar-refractivity contribution in [2.75, 3.05) is 6.61 Å². The third-order valence-corrected chi connectivity index (χ3v) is 4.00. The molecule has 3 nitrogen and oxygen atoms in total. The number of benzene rings is 2. The van der Waals surface area contributed by atoms with E-state index in [0.717, 1.165) is 54.5 Å². The Hall–Kier alpha value is -2.55. The summed E-state index contributed by atoms with van der Waals surface area (Å²) >= 11 is 0. The van der Waals surface area contributed by atoms with Crippen LogP contribution in [-0.2, 0) is 6.42 Å². The molecule has 0 amide bonds. The van der Waals surface area contributed by atoms with Crippen molar-refractivity contribution in [3.8, 4) is 23.0 Å². The summed E-state index contributed by atoms with van der Waals surface area (Å²) in [7, 11) is 0. The molecule has 0 N–H and O–H groups in total. The molecule has 0 saturated carbocycles. The molecule has 0 atom stereocenters. The fraction of sp³-hybridized carbons (Fsp3) is 0.211. The SMILES string of the molecule is c1ccc(-c2nc3c(n2-c2ccccc2)OCCCC3)cc1. The summed E-state index contributed by atoms with van der Waals surface area (Å²) in [5.41, 5.74) is 3.28. The number of para-hydroxylation sites is 1. The monoisotopic (exact) mass is 290 g/mol. The Balaban J connectivity index is 1.95. The lowest BCUT2D eigenvalue weighted by molar-refractivity contribution is 0.300. The molecule has 110 valence electrons. The molecular formula is C19H18N2O.